The highest BCUT2D eigenvalue weighted by Crippen LogP contribution is 2.24. The zero-order valence-corrected chi connectivity index (χ0v) is 12.6. The van der Waals surface area contributed by atoms with E-state index in [1.54, 1.807) is 24.5 Å². The molecule has 0 aromatic carbocycles. The van der Waals surface area contributed by atoms with Crippen molar-refractivity contribution in [2.45, 2.75) is 26.7 Å². The number of nitrogens with one attached hydrogen (secondary N) is 1. The second-order valence-corrected chi connectivity index (χ2v) is 5.49. The predicted molar refractivity (Wildman–Crippen MR) is 84.6 cm³/mol. The first-order valence-electron chi connectivity index (χ1n) is 7.06. The summed E-state index contributed by atoms with van der Waals surface area (Å²) in [4.78, 5) is 35.4. The van der Waals surface area contributed by atoms with Crippen LogP contribution >= 0.6 is 0 Å². The van der Waals surface area contributed by atoms with Crippen molar-refractivity contribution in [2.24, 2.45) is 0 Å². The fourth-order valence-corrected chi connectivity index (χ4v) is 2.56. The Kier molecular flexibility index (Phi) is 3.36. The lowest BCUT2D eigenvalue weighted by Gasteiger charge is -2.16. The maximum atomic E-state index is 12.4. The Morgan fingerprint density at radius 2 is 1.91 bits per heavy atom. The van der Waals surface area contributed by atoms with E-state index in [4.69, 9.17) is 0 Å². The highest BCUT2D eigenvalue weighted by molar-refractivity contribution is 5.75. The normalized spacial score (nSPS) is 11.3. The van der Waals surface area contributed by atoms with Crippen LogP contribution in [0, 0.1) is 6.92 Å². The number of nitrogens with zero attached hydrogens (tertiary/aromatic N) is 3. The van der Waals surface area contributed by atoms with E-state index in [0.717, 1.165) is 11.3 Å². The van der Waals surface area contributed by atoms with Gasteiger partial charge < -0.3 is 0 Å². The lowest BCUT2D eigenvalue weighted by molar-refractivity contribution is 0.789. The van der Waals surface area contributed by atoms with Gasteiger partial charge in [0, 0.05) is 12.4 Å². The molecule has 0 unspecified atom stereocenters. The first-order chi connectivity index (χ1) is 10.5. The van der Waals surface area contributed by atoms with Crippen LogP contribution in [0.1, 0.15) is 31.0 Å². The lowest BCUT2D eigenvalue weighted by Crippen LogP contribution is -2.31. The molecule has 1 N–H and O–H groups in total. The van der Waals surface area contributed by atoms with Crippen molar-refractivity contribution in [3.05, 3.63) is 62.7 Å². The molecule has 6 nitrogen and oxygen atoms in total. The van der Waals surface area contributed by atoms with Gasteiger partial charge in [0.15, 0.2) is 5.65 Å². The molecule has 0 bridgehead atoms. The fraction of sp³-hybridized carbons (Fsp3) is 0.250. The molecule has 0 fully saturated rings. The minimum absolute atomic E-state index is 0.132. The van der Waals surface area contributed by atoms with E-state index < -0.39 is 11.2 Å². The zero-order chi connectivity index (χ0) is 15.9. The molecule has 0 saturated carbocycles. The molecule has 0 amide bonds. The van der Waals surface area contributed by atoms with Crippen LogP contribution in [0.2, 0.25) is 0 Å². The van der Waals surface area contributed by atoms with Crippen molar-refractivity contribution in [1.82, 2.24) is 19.5 Å². The molecular weight excluding hydrogens is 280 g/mol. The van der Waals surface area contributed by atoms with Gasteiger partial charge in [-0.2, -0.15) is 0 Å². The van der Waals surface area contributed by atoms with E-state index >= 15 is 0 Å². The van der Waals surface area contributed by atoms with Gasteiger partial charge in [-0.25, -0.2) is 14.3 Å². The van der Waals surface area contributed by atoms with Crippen LogP contribution in [0.5, 0.6) is 0 Å². The summed E-state index contributed by atoms with van der Waals surface area (Å²) >= 11 is 0. The molecule has 0 aliphatic rings. The van der Waals surface area contributed by atoms with E-state index in [0.29, 0.717) is 16.7 Å². The number of fused-ring (bicyclic) bond motifs is 1. The largest absolute Gasteiger partial charge is 0.334 e. The van der Waals surface area contributed by atoms with Gasteiger partial charge in [-0.1, -0.05) is 13.8 Å². The van der Waals surface area contributed by atoms with E-state index in [1.165, 1.54) is 4.57 Å². The van der Waals surface area contributed by atoms with Crippen molar-refractivity contribution in [2.75, 3.05) is 0 Å². The Hall–Kier alpha value is -2.76. The van der Waals surface area contributed by atoms with Crippen LogP contribution < -0.4 is 11.2 Å². The third-order valence-electron chi connectivity index (χ3n) is 3.59. The SMILES string of the molecule is Cc1ccnc(C(C)C)c1-n1c(=O)[nH]c(=O)c2cccnc21. The average molecular weight is 296 g/mol. The highest BCUT2D eigenvalue weighted by Gasteiger charge is 2.17. The van der Waals surface area contributed by atoms with E-state index in [2.05, 4.69) is 15.0 Å². The number of aromatic nitrogens is 4. The average Bonchev–Trinajstić information content (AvgIpc) is 2.48. The molecule has 3 rings (SSSR count). The molecule has 22 heavy (non-hydrogen) atoms. The predicted octanol–water partition coefficient (Wildman–Crippen LogP) is 1.90. The lowest BCUT2D eigenvalue weighted by atomic mass is 10.0. The van der Waals surface area contributed by atoms with Gasteiger partial charge >= 0.3 is 5.69 Å². The van der Waals surface area contributed by atoms with E-state index in [9.17, 15) is 9.59 Å². The Balaban J connectivity index is 2.53. The number of H-pyrrole nitrogens is 1. The van der Waals surface area contributed by atoms with Gasteiger partial charge in [0.25, 0.3) is 5.56 Å². The summed E-state index contributed by atoms with van der Waals surface area (Å²) in [5.41, 5.74) is 1.78. The van der Waals surface area contributed by atoms with Crippen molar-refractivity contribution in [3.63, 3.8) is 0 Å². The summed E-state index contributed by atoms with van der Waals surface area (Å²) in [6, 6.07) is 5.16. The number of rotatable bonds is 2. The van der Waals surface area contributed by atoms with Crippen molar-refractivity contribution < 1.29 is 0 Å². The zero-order valence-electron chi connectivity index (χ0n) is 12.6. The fourth-order valence-electron chi connectivity index (χ4n) is 2.56. The van der Waals surface area contributed by atoms with Gasteiger partial charge in [-0.15, -0.1) is 0 Å². The smallest absolute Gasteiger partial charge is 0.273 e. The second kappa shape index (κ2) is 5.22. The van der Waals surface area contributed by atoms with Crippen molar-refractivity contribution in [3.8, 4) is 5.69 Å². The van der Waals surface area contributed by atoms with Crippen molar-refractivity contribution in [1.29, 1.82) is 0 Å². The van der Waals surface area contributed by atoms with Crippen LogP contribution in [0.3, 0.4) is 0 Å². The molecule has 0 aliphatic heterocycles. The number of aromatic amines is 1. The van der Waals surface area contributed by atoms with Crippen LogP contribution in [0.4, 0.5) is 0 Å². The van der Waals surface area contributed by atoms with Crippen LogP contribution in [0.25, 0.3) is 16.7 Å². The third-order valence-corrected chi connectivity index (χ3v) is 3.59. The van der Waals surface area contributed by atoms with Crippen LogP contribution in [-0.4, -0.2) is 19.5 Å². The van der Waals surface area contributed by atoms with Crippen molar-refractivity contribution >= 4 is 11.0 Å². The van der Waals surface area contributed by atoms with Crippen LogP contribution in [-0.2, 0) is 0 Å². The Labute approximate surface area is 126 Å². The summed E-state index contributed by atoms with van der Waals surface area (Å²) in [5.74, 6) is 0.132. The molecule has 0 aliphatic carbocycles. The Morgan fingerprint density at radius 3 is 2.64 bits per heavy atom. The van der Waals surface area contributed by atoms with Gasteiger partial charge in [-0.3, -0.25) is 14.8 Å². The van der Waals surface area contributed by atoms with Gasteiger partial charge in [0.05, 0.1) is 16.8 Å². The number of aryl methyl sites for hydroxylation is 1. The minimum atomic E-state index is -0.505. The molecule has 0 radical (unpaired) electrons. The molecule has 112 valence electrons. The van der Waals surface area contributed by atoms with Gasteiger partial charge in [0.2, 0.25) is 0 Å². The molecule has 0 saturated heterocycles. The van der Waals surface area contributed by atoms with Gasteiger partial charge in [0.1, 0.15) is 0 Å². The molecular formula is C16H16N4O2. The summed E-state index contributed by atoms with van der Waals surface area (Å²) in [6.45, 7) is 5.93. The summed E-state index contributed by atoms with van der Waals surface area (Å²) in [7, 11) is 0. The Bertz CT molecular complexity index is 970. The highest BCUT2D eigenvalue weighted by atomic mass is 16.2. The molecule has 3 heterocycles. The molecule has 0 spiro atoms. The minimum Gasteiger partial charge on any atom is -0.273 e. The number of pyridine rings is 2. The monoisotopic (exact) mass is 296 g/mol. The number of hydrogen-bond acceptors (Lipinski definition) is 4. The first kappa shape index (κ1) is 14.2. The molecule has 0 atom stereocenters. The summed E-state index contributed by atoms with van der Waals surface area (Å²) in [5, 5.41) is 0.375. The maximum Gasteiger partial charge on any atom is 0.334 e. The van der Waals surface area contributed by atoms with E-state index in [-0.39, 0.29) is 5.92 Å². The van der Waals surface area contributed by atoms with Crippen LogP contribution in [0.15, 0.2) is 40.2 Å². The van der Waals surface area contributed by atoms with Gasteiger partial charge in [-0.05, 0) is 36.6 Å². The Morgan fingerprint density at radius 1 is 1.14 bits per heavy atom. The molecule has 3 aromatic heterocycles. The first-order valence-corrected chi connectivity index (χ1v) is 7.06. The number of hydrogen-bond donors (Lipinski definition) is 1. The summed E-state index contributed by atoms with van der Waals surface area (Å²) < 4.78 is 1.44. The third kappa shape index (κ3) is 2.13. The standard InChI is InChI=1S/C16H16N4O2/c1-9(2)12-13(10(3)6-8-17-12)20-14-11(5-4-7-18-14)15(21)19-16(20)22/h4-9H,1-3H3,(H,19,21,22). The molecule has 6 heteroatoms. The second-order valence-electron chi connectivity index (χ2n) is 5.49. The van der Waals surface area contributed by atoms with E-state index in [1.807, 2.05) is 26.8 Å². The quantitative estimate of drug-likeness (QED) is 0.783. The topological polar surface area (TPSA) is 80.6 Å². The maximum absolute atomic E-state index is 12.4. The summed E-state index contributed by atoms with van der Waals surface area (Å²) in [6.07, 6.45) is 3.29. The molecule has 3 aromatic rings.